The number of hydrogen-bond acceptors (Lipinski definition) is 4. The van der Waals surface area contributed by atoms with Crippen molar-refractivity contribution in [2.75, 3.05) is 32.1 Å². The highest BCUT2D eigenvalue weighted by molar-refractivity contribution is 7.80. The second-order valence-corrected chi connectivity index (χ2v) is 6.46. The zero-order chi connectivity index (χ0) is 15.0. The van der Waals surface area contributed by atoms with Crippen molar-refractivity contribution in [1.29, 1.82) is 0 Å². The van der Waals surface area contributed by atoms with Crippen molar-refractivity contribution < 1.29 is 0 Å². The first-order valence-electron chi connectivity index (χ1n) is 7.00. The predicted octanol–water partition coefficient (Wildman–Crippen LogP) is 1.72. The van der Waals surface area contributed by atoms with E-state index in [4.69, 9.17) is 18.0 Å². The number of nitrogens with two attached hydrogens (primary N) is 1. The summed E-state index contributed by atoms with van der Waals surface area (Å²) in [5.74, 6) is 0.623. The predicted molar refractivity (Wildman–Crippen MR) is 88.5 cm³/mol. The van der Waals surface area contributed by atoms with Gasteiger partial charge in [0.2, 0.25) is 0 Å². The van der Waals surface area contributed by atoms with Crippen molar-refractivity contribution in [1.82, 2.24) is 9.88 Å². The molecule has 2 atom stereocenters. The third kappa shape index (κ3) is 2.79. The lowest BCUT2D eigenvalue weighted by Crippen LogP contribution is -2.34. The zero-order valence-corrected chi connectivity index (χ0v) is 13.8. The van der Waals surface area contributed by atoms with Crippen molar-refractivity contribution in [2.24, 2.45) is 11.7 Å². The van der Waals surface area contributed by atoms with E-state index >= 15 is 0 Å². The van der Waals surface area contributed by atoms with E-state index in [2.05, 4.69) is 41.9 Å². The van der Waals surface area contributed by atoms with Gasteiger partial charge in [-0.25, -0.2) is 0 Å². The molecule has 0 saturated carbocycles. The summed E-state index contributed by atoms with van der Waals surface area (Å²) in [5.41, 5.74) is 9.92. The van der Waals surface area contributed by atoms with Crippen molar-refractivity contribution >= 4 is 22.9 Å². The molecule has 1 aliphatic heterocycles. The summed E-state index contributed by atoms with van der Waals surface area (Å²) in [7, 11) is 4.28. The molecule has 1 saturated heterocycles. The van der Waals surface area contributed by atoms with Gasteiger partial charge in [0.1, 0.15) is 4.99 Å². The van der Waals surface area contributed by atoms with Crippen molar-refractivity contribution in [3.63, 3.8) is 0 Å². The monoisotopic (exact) mass is 292 g/mol. The smallest absolute Gasteiger partial charge is 0.107 e. The maximum absolute atomic E-state index is 5.92. The van der Waals surface area contributed by atoms with Gasteiger partial charge in [-0.3, -0.25) is 4.98 Å². The van der Waals surface area contributed by atoms with Crippen LogP contribution in [-0.4, -0.2) is 48.1 Å². The molecule has 20 heavy (non-hydrogen) atoms. The van der Waals surface area contributed by atoms with Crippen molar-refractivity contribution in [3.8, 4) is 0 Å². The molecule has 1 fully saturated rings. The number of thiocarbonyl (C=S) groups is 1. The second kappa shape index (κ2) is 5.66. The van der Waals surface area contributed by atoms with Gasteiger partial charge in [-0.05, 0) is 39.9 Å². The second-order valence-electron chi connectivity index (χ2n) is 6.02. The van der Waals surface area contributed by atoms with Crippen LogP contribution in [-0.2, 0) is 0 Å². The van der Waals surface area contributed by atoms with Gasteiger partial charge in [0.05, 0.1) is 11.3 Å². The van der Waals surface area contributed by atoms with E-state index in [1.807, 2.05) is 13.8 Å². The Morgan fingerprint density at radius 2 is 2.05 bits per heavy atom. The molecule has 1 aliphatic rings. The minimum Gasteiger partial charge on any atom is -0.389 e. The Hall–Kier alpha value is -1.20. The van der Waals surface area contributed by atoms with Crippen LogP contribution in [0.1, 0.15) is 23.9 Å². The molecular weight excluding hydrogens is 268 g/mol. The number of likely N-dealkylation sites (N-methyl/N-ethyl adjacent to an activating group) is 1. The minimum absolute atomic E-state index is 0.436. The van der Waals surface area contributed by atoms with E-state index in [0.29, 0.717) is 16.9 Å². The van der Waals surface area contributed by atoms with E-state index in [9.17, 15) is 0 Å². The Morgan fingerprint density at radius 3 is 2.55 bits per heavy atom. The molecule has 5 heteroatoms. The largest absolute Gasteiger partial charge is 0.389 e. The van der Waals surface area contributed by atoms with E-state index in [-0.39, 0.29) is 0 Å². The fourth-order valence-electron chi connectivity index (χ4n) is 3.18. The van der Waals surface area contributed by atoms with E-state index in [0.717, 1.165) is 35.7 Å². The van der Waals surface area contributed by atoms with Crippen LogP contribution < -0.4 is 10.6 Å². The molecule has 0 bridgehead atoms. The molecule has 0 aromatic carbocycles. The van der Waals surface area contributed by atoms with Crippen LogP contribution in [0.15, 0.2) is 6.07 Å². The van der Waals surface area contributed by atoms with Gasteiger partial charge in [0.25, 0.3) is 0 Å². The summed E-state index contributed by atoms with van der Waals surface area (Å²) in [5, 5.41) is 0. The Labute approximate surface area is 127 Å². The molecule has 4 nitrogen and oxygen atoms in total. The number of nitrogens with zero attached hydrogens (tertiary/aromatic N) is 3. The number of aryl methyl sites for hydroxylation is 2. The van der Waals surface area contributed by atoms with Gasteiger partial charge in [-0.1, -0.05) is 19.1 Å². The van der Waals surface area contributed by atoms with Crippen molar-refractivity contribution in [3.05, 3.63) is 23.0 Å². The zero-order valence-electron chi connectivity index (χ0n) is 13.0. The third-order valence-electron chi connectivity index (χ3n) is 4.13. The van der Waals surface area contributed by atoms with E-state index in [1.165, 1.54) is 0 Å². The van der Waals surface area contributed by atoms with Gasteiger partial charge in [-0.15, -0.1) is 0 Å². The molecule has 0 aliphatic carbocycles. The quantitative estimate of drug-likeness (QED) is 0.860. The van der Waals surface area contributed by atoms with Crippen LogP contribution in [0.5, 0.6) is 0 Å². The lowest BCUT2D eigenvalue weighted by atomic mass is 10.1. The molecule has 2 N–H and O–H groups in total. The number of anilines is 1. The Balaban J connectivity index is 2.41. The van der Waals surface area contributed by atoms with Crippen molar-refractivity contribution in [2.45, 2.75) is 26.8 Å². The first-order chi connectivity index (χ1) is 9.31. The lowest BCUT2D eigenvalue weighted by Gasteiger charge is -2.25. The minimum atomic E-state index is 0.436. The Kier molecular flexibility index (Phi) is 4.30. The fraction of sp³-hybridized carbons (Fsp3) is 0.600. The van der Waals surface area contributed by atoms with E-state index < -0.39 is 0 Å². The summed E-state index contributed by atoms with van der Waals surface area (Å²) in [6, 6.07) is 2.66. The molecule has 2 unspecified atom stereocenters. The highest BCUT2D eigenvalue weighted by Crippen LogP contribution is 2.30. The molecule has 2 heterocycles. The van der Waals surface area contributed by atoms with Crippen LogP contribution in [0.3, 0.4) is 0 Å². The SMILES string of the molecule is Cc1cc(N2CC(C)C(N(C)C)C2)c(C(N)=S)c(C)n1. The number of hydrogen-bond donors (Lipinski definition) is 1. The molecule has 1 aromatic heterocycles. The highest BCUT2D eigenvalue weighted by Gasteiger charge is 2.32. The van der Waals surface area contributed by atoms with Gasteiger partial charge in [-0.2, -0.15) is 0 Å². The normalized spacial score (nSPS) is 22.6. The summed E-state index contributed by atoms with van der Waals surface area (Å²) in [4.78, 5) is 9.62. The van der Waals surface area contributed by atoms with Crippen LogP contribution in [0.25, 0.3) is 0 Å². The van der Waals surface area contributed by atoms with E-state index in [1.54, 1.807) is 0 Å². The molecular formula is C15H24N4S. The molecule has 110 valence electrons. The van der Waals surface area contributed by atoms with Gasteiger partial charge in [0.15, 0.2) is 0 Å². The lowest BCUT2D eigenvalue weighted by molar-refractivity contribution is 0.266. The average molecular weight is 292 g/mol. The fourth-order valence-corrected chi connectivity index (χ4v) is 3.43. The van der Waals surface area contributed by atoms with Crippen LogP contribution in [0, 0.1) is 19.8 Å². The first-order valence-corrected chi connectivity index (χ1v) is 7.41. The van der Waals surface area contributed by atoms with Crippen LogP contribution in [0.2, 0.25) is 0 Å². The summed E-state index contributed by atoms with van der Waals surface area (Å²) >= 11 is 5.23. The summed E-state index contributed by atoms with van der Waals surface area (Å²) in [6.45, 7) is 8.33. The molecule has 2 rings (SSSR count). The first kappa shape index (κ1) is 15.2. The number of pyridine rings is 1. The Bertz CT molecular complexity index is 527. The maximum atomic E-state index is 5.92. The molecule has 0 radical (unpaired) electrons. The topological polar surface area (TPSA) is 45.4 Å². The van der Waals surface area contributed by atoms with Gasteiger partial charge in [0, 0.05) is 30.5 Å². The van der Waals surface area contributed by atoms with Crippen LogP contribution >= 0.6 is 12.2 Å². The summed E-state index contributed by atoms with van der Waals surface area (Å²) < 4.78 is 0. The van der Waals surface area contributed by atoms with Gasteiger partial charge < -0.3 is 15.5 Å². The van der Waals surface area contributed by atoms with Gasteiger partial charge >= 0.3 is 0 Å². The standard InChI is InChI=1S/C15H24N4S/c1-9-7-19(8-13(9)18(4)5)12-6-10(2)17-11(3)14(12)15(16)20/h6,9,13H,7-8H2,1-5H3,(H2,16,20). The summed E-state index contributed by atoms with van der Waals surface area (Å²) in [6.07, 6.45) is 0. The third-order valence-corrected chi connectivity index (χ3v) is 4.33. The maximum Gasteiger partial charge on any atom is 0.107 e. The highest BCUT2D eigenvalue weighted by atomic mass is 32.1. The molecule has 0 spiro atoms. The van der Waals surface area contributed by atoms with Crippen LogP contribution in [0.4, 0.5) is 5.69 Å². The molecule has 0 amide bonds. The average Bonchev–Trinajstić information content (AvgIpc) is 2.69. The molecule has 1 aromatic rings. The number of rotatable bonds is 3. The number of aromatic nitrogens is 1. The Morgan fingerprint density at radius 1 is 1.40 bits per heavy atom.